The van der Waals surface area contributed by atoms with Crippen molar-refractivity contribution in [3.05, 3.63) is 21.9 Å². The van der Waals surface area contributed by atoms with Crippen LogP contribution in [0.4, 0.5) is 0 Å². The molecule has 0 atom stereocenters. The first-order valence-corrected chi connectivity index (χ1v) is 6.64. The average molecular weight is 261 g/mol. The van der Waals surface area contributed by atoms with Gasteiger partial charge in [-0.3, -0.25) is 18.9 Å². The summed E-state index contributed by atoms with van der Waals surface area (Å²) in [5, 5.41) is 4.47. The molecular weight excluding hydrogens is 242 g/mol. The first-order chi connectivity index (χ1) is 8.99. The SMILES string of the molecule is CC(C)c1nn(C)c2c(=O)n3c(nc12)CN(C)CC3. The largest absolute Gasteiger partial charge is 0.297 e. The third kappa shape index (κ3) is 1.78. The van der Waals surface area contributed by atoms with E-state index >= 15 is 0 Å². The van der Waals surface area contributed by atoms with Crippen molar-refractivity contribution in [3.8, 4) is 0 Å². The first kappa shape index (κ1) is 12.3. The summed E-state index contributed by atoms with van der Waals surface area (Å²) in [7, 11) is 3.87. The van der Waals surface area contributed by atoms with Crippen LogP contribution in [0.15, 0.2) is 4.79 Å². The molecule has 102 valence electrons. The maximum Gasteiger partial charge on any atom is 0.279 e. The summed E-state index contributed by atoms with van der Waals surface area (Å²) in [5.74, 6) is 1.11. The Bertz CT molecular complexity index is 697. The Labute approximate surface area is 111 Å². The fraction of sp³-hybridized carbons (Fsp3) is 0.615. The molecule has 0 fully saturated rings. The molecule has 1 aliphatic heterocycles. The van der Waals surface area contributed by atoms with Crippen molar-refractivity contribution in [1.29, 1.82) is 0 Å². The molecule has 2 aromatic heterocycles. The molecule has 0 spiro atoms. The maximum atomic E-state index is 12.6. The van der Waals surface area contributed by atoms with Gasteiger partial charge in [-0.25, -0.2) is 4.98 Å². The van der Waals surface area contributed by atoms with E-state index in [1.54, 1.807) is 9.25 Å². The second-order valence-electron chi connectivity index (χ2n) is 5.58. The summed E-state index contributed by atoms with van der Waals surface area (Å²) in [6.07, 6.45) is 0. The zero-order valence-corrected chi connectivity index (χ0v) is 11.8. The van der Waals surface area contributed by atoms with Crippen LogP contribution in [0.1, 0.15) is 31.3 Å². The number of hydrogen-bond acceptors (Lipinski definition) is 4. The van der Waals surface area contributed by atoms with Gasteiger partial charge in [-0.2, -0.15) is 5.10 Å². The standard InChI is InChI=1S/C13H19N5O/c1-8(2)10-11-12(17(4)15-10)13(19)18-6-5-16(3)7-9(18)14-11/h8H,5-7H2,1-4H3. The molecule has 0 aromatic carbocycles. The van der Waals surface area contributed by atoms with E-state index in [0.717, 1.165) is 30.1 Å². The summed E-state index contributed by atoms with van der Waals surface area (Å²) in [6, 6.07) is 0. The molecule has 0 aliphatic carbocycles. The Morgan fingerprint density at radius 1 is 1.21 bits per heavy atom. The maximum absolute atomic E-state index is 12.6. The van der Waals surface area contributed by atoms with E-state index in [1.165, 1.54) is 0 Å². The van der Waals surface area contributed by atoms with E-state index in [1.807, 2.05) is 14.1 Å². The highest BCUT2D eigenvalue weighted by molar-refractivity contribution is 5.77. The Morgan fingerprint density at radius 2 is 1.95 bits per heavy atom. The fourth-order valence-electron chi connectivity index (χ4n) is 2.65. The van der Waals surface area contributed by atoms with Crippen LogP contribution in [-0.2, 0) is 20.1 Å². The Balaban J connectivity index is 2.35. The Morgan fingerprint density at radius 3 is 2.63 bits per heavy atom. The molecule has 3 rings (SSSR count). The van der Waals surface area contributed by atoms with Gasteiger partial charge >= 0.3 is 0 Å². The molecule has 0 saturated carbocycles. The molecule has 3 heterocycles. The van der Waals surface area contributed by atoms with Gasteiger partial charge in [0, 0.05) is 20.1 Å². The van der Waals surface area contributed by atoms with Gasteiger partial charge in [-0.15, -0.1) is 0 Å². The second-order valence-corrected chi connectivity index (χ2v) is 5.58. The van der Waals surface area contributed by atoms with Crippen LogP contribution in [-0.4, -0.2) is 37.8 Å². The van der Waals surface area contributed by atoms with E-state index in [4.69, 9.17) is 4.98 Å². The fourth-order valence-corrected chi connectivity index (χ4v) is 2.65. The van der Waals surface area contributed by atoms with Crippen molar-refractivity contribution < 1.29 is 0 Å². The van der Waals surface area contributed by atoms with Crippen molar-refractivity contribution in [3.63, 3.8) is 0 Å². The first-order valence-electron chi connectivity index (χ1n) is 6.64. The van der Waals surface area contributed by atoms with Crippen LogP contribution < -0.4 is 5.56 Å². The smallest absolute Gasteiger partial charge is 0.279 e. The summed E-state index contributed by atoms with van der Waals surface area (Å²) in [5.41, 5.74) is 2.34. The van der Waals surface area contributed by atoms with Crippen LogP contribution in [0.2, 0.25) is 0 Å². The molecule has 0 unspecified atom stereocenters. The van der Waals surface area contributed by atoms with E-state index in [9.17, 15) is 4.79 Å². The van der Waals surface area contributed by atoms with Gasteiger partial charge in [0.15, 0.2) is 5.52 Å². The summed E-state index contributed by atoms with van der Waals surface area (Å²) < 4.78 is 3.46. The number of rotatable bonds is 1. The lowest BCUT2D eigenvalue weighted by Crippen LogP contribution is -2.38. The predicted molar refractivity (Wildman–Crippen MR) is 73.2 cm³/mol. The van der Waals surface area contributed by atoms with E-state index in [2.05, 4.69) is 23.8 Å². The van der Waals surface area contributed by atoms with Crippen molar-refractivity contribution in [2.24, 2.45) is 7.05 Å². The monoisotopic (exact) mass is 261 g/mol. The second kappa shape index (κ2) is 4.16. The zero-order chi connectivity index (χ0) is 13.7. The van der Waals surface area contributed by atoms with Crippen molar-refractivity contribution in [2.45, 2.75) is 32.9 Å². The van der Waals surface area contributed by atoms with Crippen LogP contribution in [0, 0.1) is 0 Å². The molecule has 6 nitrogen and oxygen atoms in total. The van der Waals surface area contributed by atoms with Gasteiger partial charge < -0.3 is 0 Å². The highest BCUT2D eigenvalue weighted by atomic mass is 16.1. The lowest BCUT2D eigenvalue weighted by Gasteiger charge is -2.25. The quantitative estimate of drug-likeness (QED) is 0.758. The van der Waals surface area contributed by atoms with Crippen LogP contribution >= 0.6 is 0 Å². The molecule has 19 heavy (non-hydrogen) atoms. The Hall–Kier alpha value is -1.69. The molecular formula is C13H19N5O. The van der Waals surface area contributed by atoms with Gasteiger partial charge in [-0.05, 0) is 13.0 Å². The molecule has 0 N–H and O–H groups in total. The van der Waals surface area contributed by atoms with Crippen LogP contribution in [0.25, 0.3) is 11.0 Å². The van der Waals surface area contributed by atoms with Crippen LogP contribution in [0.3, 0.4) is 0 Å². The van der Waals surface area contributed by atoms with Gasteiger partial charge in [0.05, 0.1) is 12.2 Å². The molecule has 6 heteroatoms. The third-order valence-electron chi connectivity index (χ3n) is 3.71. The number of nitrogens with zero attached hydrogens (tertiary/aromatic N) is 5. The van der Waals surface area contributed by atoms with E-state index in [0.29, 0.717) is 12.1 Å². The van der Waals surface area contributed by atoms with Gasteiger partial charge in [0.1, 0.15) is 11.3 Å². The average Bonchev–Trinajstić information content (AvgIpc) is 2.66. The summed E-state index contributed by atoms with van der Waals surface area (Å²) in [6.45, 7) is 6.46. The topological polar surface area (TPSA) is 56.0 Å². The minimum absolute atomic E-state index is 0.0370. The minimum atomic E-state index is 0.0370. The number of fused-ring (bicyclic) bond motifs is 2. The minimum Gasteiger partial charge on any atom is -0.297 e. The van der Waals surface area contributed by atoms with Crippen molar-refractivity contribution in [2.75, 3.05) is 13.6 Å². The number of aryl methyl sites for hydroxylation is 1. The molecule has 0 radical (unpaired) electrons. The summed E-state index contributed by atoms with van der Waals surface area (Å²) >= 11 is 0. The Kier molecular flexibility index (Phi) is 2.70. The molecule has 0 bridgehead atoms. The molecule has 0 saturated heterocycles. The van der Waals surface area contributed by atoms with Crippen molar-refractivity contribution >= 4 is 11.0 Å². The third-order valence-corrected chi connectivity index (χ3v) is 3.71. The zero-order valence-electron chi connectivity index (χ0n) is 11.8. The van der Waals surface area contributed by atoms with Crippen LogP contribution in [0.5, 0.6) is 0 Å². The van der Waals surface area contributed by atoms with Gasteiger partial charge in [0.2, 0.25) is 0 Å². The number of aromatic nitrogens is 4. The molecule has 1 aliphatic rings. The molecule has 0 amide bonds. The lowest BCUT2D eigenvalue weighted by atomic mass is 10.1. The van der Waals surface area contributed by atoms with Gasteiger partial charge in [-0.1, -0.05) is 13.8 Å². The highest BCUT2D eigenvalue weighted by Gasteiger charge is 2.22. The molecule has 2 aromatic rings. The highest BCUT2D eigenvalue weighted by Crippen LogP contribution is 2.21. The van der Waals surface area contributed by atoms with E-state index < -0.39 is 0 Å². The normalized spacial score (nSPS) is 16.3. The van der Waals surface area contributed by atoms with Gasteiger partial charge in [0.25, 0.3) is 5.56 Å². The predicted octanol–water partition coefficient (Wildman–Crippen LogP) is 0.699. The lowest BCUT2D eigenvalue weighted by molar-refractivity contribution is 0.258. The summed E-state index contributed by atoms with van der Waals surface area (Å²) in [4.78, 5) is 19.5. The van der Waals surface area contributed by atoms with Crippen molar-refractivity contribution in [1.82, 2.24) is 24.2 Å². The van der Waals surface area contributed by atoms with E-state index in [-0.39, 0.29) is 11.5 Å². The number of likely N-dealkylation sites (N-methyl/N-ethyl adjacent to an activating group) is 1. The number of hydrogen-bond donors (Lipinski definition) is 0.